The Morgan fingerprint density at radius 1 is 1.23 bits per heavy atom. The molecule has 0 spiro atoms. The van der Waals surface area contributed by atoms with E-state index in [1.807, 2.05) is 0 Å². The van der Waals surface area contributed by atoms with E-state index in [4.69, 9.17) is 0 Å². The van der Waals surface area contributed by atoms with Crippen LogP contribution in [0.15, 0.2) is 42.9 Å². The minimum Gasteiger partial charge on any atom is -0.355 e. The van der Waals surface area contributed by atoms with Gasteiger partial charge in [-0.2, -0.15) is 4.68 Å². The minimum atomic E-state index is -1.06. The summed E-state index contributed by atoms with van der Waals surface area (Å²) >= 11 is 0. The average molecular weight is 356 g/mol. The van der Waals surface area contributed by atoms with E-state index in [1.165, 1.54) is 35.3 Å². The van der Waals surface area contributed by atoms with Crippen LogP contribution in [0.2, 0.25) is 0 Å². The SMILES string of the molecule is O=C(Nc1ncc[nH]1)c1cc(-n2nnnc2-c2cccc(F)c2F)c[nH]1. The molecule has 9 nitrogen and oxygen atoms in total. The number of tetrazole rings is 1. The van der Waals surface area contributed by atoms with E-state index >= 15 is 0 Å². The Bertz CT molecular complexity index is 1070. The zero-order chi connectivity index (χ0) is 18.1. The van der Waals surface area contributed by atoms with Crippen LogP contribution in [0.3, 0.4) is 0 Å². The quantitative estimate of drug-likeness (QED) is 0.516. The molecule has 11 heteroatoms. The number of carbonyl (C=O) groups excluding carboxylic acids is 1. The smallest absolute Gasteiger partial charge is 0.274 e. The van der Waals surface area contributed by atoms with Gasteiger partial charge in [0, 0.05) is 18.6 Å². The molecule has 3 N–H and O–H groups in total. The zero-order valence-electron chi connectivity index (χ0n) is 12.9. The second-order valence-electron chi connectivity index (χ2n) is 5.18. The third-order valence-electron chi connectivity index (χ3n) is 3.55. The number of nitrogens with zero attached hydrogens (tertiary/aromatic N) is 5. The van der Waals surface area contributed by atoms with Gasteiger partial charge in [0.25, 0.3) is 5.91 Å². The predicted molar refractivity (Wildman–Crippen MR) is 85.4 cm³/mol. The lowest BCUT2D eigenvalue weighted by Crippen LogP contribution is -2.13. The lowest BCUT2D eigenvalue weighted by atomic mass is 10.2. The van der Waals surface area contributed by atoms with Crippen molar-refractivity contribution in [3.05, 3.63) is 60.2 Å². The number of benzene rings is 1. The molecule has 0 atom stereocenters. The maximum absolute atomic E-state index is 14.0. The van der Waals surface area contributed by atoms with Crippen molar-refractivity contribution in [3.63, 3.8) is 0 Å². The van der Waals surface area contributed by atoms with Gasteiger partial charge >= 0.3 is 0 Å². The van der Waals surface area contributed by atoms with Gasteiger partial charge < -0.3 is 9.97 Å². The van der Waals surface area contributed by atoms with Crippen LogP contribution in [0, 0.1) is 11.6 Å². The van der Waals surface area contributed by atoms with E-state index < -0.39 is 17.5 Å². The van der Waals surface area contributed by atoms with E-state index in [0.29, 0.717) is 5.69 Å². The molecule has 0 unspecified atom stereocenters. The summed E-state index contributed by atoms with van der Waals surface area (Å²) in [6.45, 7) is 0. The van der Waals surface area contributed by atoms with Gasteiger partial charge in [-0.3, -0.25) is 10.1 Å². The maximum Gasteiger partial charge on any atom is 0.274 e. The van der Waals surface area contributed by atoms with Crippen LogP contribution < -0.4 is 5.32 Å². The fourth-order valence-corrected chi connectivity index (χ4v) is 2.35. The monoisotopic (exact) mass is 356 g/mol. The highest BCUT2D eigenvalue weighted by Gasteiger charge is 2.19. The Morgan fingerprint density at radius 2 is 2.12 bits per heavy atom. The Morgan fingerprint density at radius 3 is 2.92 bits per heavy atom. The molecular formula is C15H10F2N8O. The first-order valence-corrected chi connectivity index (χ1v) is 7.36. The topological polar surface area (TPSA) is 117 Å². The van der Waals surface area contributed by atoms with E-state index in [9.17, 15) is 13.6 Å². The Kier molecular flexibility index (Phi) is 3.73. The number of rotatable bonds is 4. The summed E-state index contributed by atoms with van der Waals surface area (Å²) in [4.78, 5) is 21.6. The van der Waals surface area contributed by atoms with Gasteiger partial charge in [0.05, 0.1) is 11.3 Å². The van der Waals surface area contributed by atoms with Crippen LogP contribution in [0.5, 0.6) is 0 Å². The maximum atomic E-state index is 14.0. The van der Waals surface area contributed by atoms with Crippen LogP contribution in [-0.4, -0.2) is 41.1 Å². The molecule has 3 aromatic heterocycles. The fourth-order valence-electron chi connectivity index (χ4n) is 2.35. The first-order chi connectivity index (χ1) is 12.6. The van der Waals surface area contributed by atoms with E-state index in [0.717, 1.165) is 6.07 Å². The molecule has 1 aromatic carbocycles. The first kappa shape index (κ1) is 15.6. The number of hydrogen-bond donors (Lipinski definition) is 3. The van der Waals surface area contributed by atoms with Crippen LogP contribution in [0.4, 0.5) is 14.7 Å². The number of imidazole rings is 1. The molecular weight excluding hydrogens is 346 g/mol. The van der Waals surface area contributed by atoms with Crippen molar-refractivity contribution in [1.82, 2.24) is 35.2 Å². The number of carbonyl (C=O) groups is 1. The van der Waals surface area contributed by atoms with Gasteiger partial charge in [-0.15, -0.1) is 5.10 Å². The highest BCUT2D eigenvalue weighted by atomic mass is 19.2. The van der Waals surface area contributed by atoms with Gasteiger partial charge in [-0.05, 0) is 28.6 Å². The van der Waals surface area contributed by atoms with E-state index in [-0.39, 0.29) is 23.0 Å². The molecule has 0 saturated carbocycles. The zero-order valence-corrected chi connectivity index (χ0v) is 12.9. The van der Waals surface area contributed by atoms with Crippen molar-refractivity contribution >= 4 is 11.9 Å². The van der Waals surface area contributed by atoms with Gasteiger partial charge in [0.1, 0.15) is 5.69 Å². The van der Waals surface area contributed by atoms with Crippen LogP contribution in [0.25, 0.3) is 17.1 Å². The second-order valence-corrected chi connectivity index (χ2v) is 5.18. The Balaban J connectivity index is 1.66. The van der Waals surface area contributed by atoms with Gasteiger partial charge in [-0.25, -0.2) is 13.8 Å². The largest absolute Gasteiger partial charge is 0.355 e. The molecule has 0 aliphatic rings. The molecule has 0 aliphatic heterocycles. The standard InChI is InChI=1S/C15H10F2N8O/c16-10-3-1-2-9(12(10)17)13-22-23-24-25(13)8-6-11(20-7-8)14(26)21-15-18-4-5-19-15/h1-7,20H,(H2,18,19,21,26). The molecule has 4 rings (SSSR count). The number of H-pyrrole nitrogens is 2. The van der Waals surface area contributed by atoms with E-state index in [2.05, 4.69) is 35.8 Å². The number of nitrogens with one attached hydrogen (secondary N) is 3. The van der Waals surface area contributed by atoms with Crippen LogP contribution >= 0.6 is 0 Å². The van der Waals surface area contributed by atoms with Gasteiger partial charge in [0.15, 0.2) is 17.5 Å². The second kappa shape index (κ2) is 6.20. The molecule has 130 valence electrons. The Labute approximate surface area is 144 Å². The Hall–Kier alpha value is -3.89. The van der Waals surface area contributed by atoms with Crippen LogP contribution in [-0.2, 0) is 0 Å². The van der Waals surface area contributed by atoms with Gasteiger partial charge in [0.2, 0.25) is 5.95 Å². The van der Waals surface area contributed by atoms with Crippen molar-refractivity contribution < 1.29 is 13.6 Å². The third kappa shape index (κ3) is 2.70. The summed E-state index contributed by atoms with van der Waals surface area (Å²) < 4.78 is 28.7. The van der Waals surface area contributed by atoms with Crippen molar-refractivity contribution in [2.24, 2.45) is 0 Å². The van der Waals surface area contributed by atoms with Crippen molar-refractivity contribution in [1.29, 1.82) is 0 Å². The van der Waals surface area contributed by atoms with Crippen molar-refractivity contribution in [3.8, 4) is 17.1 Å². The average Bonchev–Trinajstić information content (AvgIpc) is 3.37. The van der Waals surface area contributed by atoms with Gasteiger partial charge in [-0.1, -0.05) is 6.07 Å². The predicted octanol–water partition coefficient (Wildman–Crippen LogP) is 1.91. The molecule has 1 amide bonds. The summed E-state index contributed by atoms with van der Waals surface area (Å²) in [5, 5.41) is 13.6. The highest BCUT2D eigenvalue weighted by molar-refractivity contribution is 6.02. The summed E-state index contributed by atoms with van der Waals surface area (Å²) in [6.07, 6.45) is 4.53. The lowest BCUT2D eigenvalue weighted by Gasteiger charge is -2.03. The number of amides is 1. The number of anilines is 1. The molecule has 4 aromatic rings. The first-order valence-electron chi connectivity index (χ1n) is 7.36. The lowest BCUT2D eigenvalue weighted by molar-refractivity contribution is 0.102. The molecule has 0 saturated heterocycles. The normalized spacial score (nSPS) is 10.8. The summed E-state index contributed by atoms with van der Waals surface area (Å²) in [5.41, 5.74) is 0.480. The van der Waals surface area contributed by atoms with E-state index in [1.54, 1.807) is 6.20 Å². The summed E-state index contributed by atoms with van der Waals surface area (Å²) in [5.74, 6) is -2.23. The third-order valence-corrected chi connectivity index (χ3v) is 3.55. The fraction of sp³-hybridized carbons (Fsp3) is 0. The molecule has 3 heterocycles. The number of halogens is 2. The molecule has 0 radical (unpaired) electrons. The van der Waals surface area contributed by atoms with Crippen molar-refractivity contribution in [2.75, 3.05) is 5.32 Å². The number of aromatic amines is 2. The van der Waals surface area contributed by atoms with Crippen LogP contribution in [0.1, 0.15) is 10.5 Å². The summed E-state index contributed by atoms with van der Waals surface area (Å²) in [6, 6.07) is 5.18. The van der Waals surface area contributed by atoms with Crippen molar-refractivity contribution in [2.45, 2.75) is 0 Å². The summed E-state index contributed by atoms with van der Waals surface area (Å²) in [7, 11) is 0. The molecule has 0 aliphatic carbocycles. The molecule has 0 bridgehead atoms. The highest BCUT2D eigenvalue weighted by Crippen LogP contribution is 2.24. The molecule has 26 heavy (non-hydrogen) atoms. The number of aromatic nitrogens is 7. The minimum absolute atomic E-state index is 0.000933. The molecule has 0 fully saturated rings. The number of hydrogen-bond acceptors (Lipinski definition) is 5.